The largest absolute Gasteiger partial charge is 0.480 e. The number of hydrogen-bond donors (Lipinski definition) is 4. The van der Waals surface area contributed by atoms with Crippen LogP contribution in [0.3, 0.4) is 0 Å². The highest BCUT2D eigenvalue weighted by Crippen LogP contribution is 2.17. The zero-order valence-corrected chi connectivity index (χ0v) is 10.6. The molecular weight excluding hydrogens is 224 g/mol. The van der Waals surface area contributed by atoms with Gasteiger partial charge in [-0.05, 0) is 11.8 Å². The summed E-state index contributed by atoms with van der Waals surface area (Å²) in [5, 5.41) is 22.4. The lowest BCUT2D eigenvalue weighted by Gasteiger charge is -2.23. The Morgan fingerprint density at radius 2 is 1.94 bits per heavy atom. The number of aliphatic hydroxyl groups is 1. The van der Waals surface area contributed by atoms with Crippen molar-refractivity contribution in [2.24, 2.45) is 5.41 Å². The summed E-state index contributed by atoms with van der Waals surface area (Å²) in [6.45, 7) is 6.23. The number of aliphatic carboxylic acids is 1. The van der Waals surface area contributed by atoms with E-state index in [0.29, 0.717) is 6.54 Å². The maximum absolute atomic E-state index is 11.4. The molecule has 0 aliphatic rings. The van der Waals surface area contributed by atoms with Crippen LogP contribution in [0.25, 0.3) is 0 Å². The molecule has 0 spiro atoms. The maximum Gasteiger partial charge on any atom is 0.326 e. The Hall–Kier alpha value is -1.30. The number of carboxylic acid groups (broad SMARTS) is 1. The van der Waals surface area contributed by atoms with Gasteiger partial charge in [-0.25, -0.2) is 9.59 Å². The second-order valence-corrected chi connectivity index (χ2v) is 4.75. The smallest absolute Gasteiger partial charge is 0.326 e. The summed E-state index contributed by atoms with van der Waals surface area (Å²) in [6.07, 6.45) is 0.909. The number of carbonyl (C=O) groups excluding carboxylic acids is 1. The second kappa shape index (κ2) is 7.11. The number of hydrogen-bond acceptors (Lipinski definition) is 3. The summed E-state index contributed by atoms with van der Waals surface area (Å²) in [6, 6.07) is -1.57. The van der Waals surface area contributed by atoms with Gasteiger partial charge in [-0.1, -0.05) is 20.8 Å². The van der Waals surface area contributed by atoms with Crippen molar-refractivity contribution in [1.82, 2.24) is 10.6 Å². The van der Waals surface area contributed by atoms with Gasteiger partial charge in [0.05, 0.1) is 0 Å². The molecule has 0 aliphatic heterocycles. The van der Waals surface area contributed by atoms with Gasteiger partial charge < -0.3 is 20.8 Å². The second-order valence-electron chi connectivity index (χ2n) is 4.75. The summed E-state index contributed by atoms with van der Waals surface area (Å²) in [5.74, 6) is -1.15. The van der Waals surface area contributed by atoms with E-state index in [1.807, 2.05) is 20.8 Å². The van der Waals surface area contributed by atoms with Crippen molar-refractivity contribution in [3.8, 4) is 0 Å². The van der Waals surface area contributed by atoms with Crippen LogP contribution in [0.5, 0.6) is 0 Å². The van der Waals surface area contributed by atoms with Crippen LogP contribution in [-0.2, 0) is 4.79 Å². The predicted octanol–water partition coefficient (Wildman–Crippen LogP) is 0.557. The van der Waals surface area contributed by atoms with Crippen molar-refractivity contribution in [3.05, 3.63) is 0 Å². The molecule has 0 aliphatic carbocycles. The number of carboxylic acids is 1. The lowest BCUT2D eigenvalue weighted by atomic mass is 9.90. The number of amides is 2. The van der Waals surface area contributed by atoms with E-state index in [1.54, 1.807) is 0 Å². The van der Waals surface area contributed by atoms with Crippen LogP contribution in [0.1, 0.15) is 33.6 Å². The van der Waals surface area contributed by atoms with Crippen molar-refractivity contribution >= 4 is 12.0 Å². The van der Waals surface area contributed by atoms with Crippen LogP contribution in [0.2, 0.25) is 0 Å². The minimum absolute atomic E-state index is 0.0000754. The third-order valence-electron chi connectivity index (χ3n) is 2.71. The van der Waals surface area contributed by atoms with Crippen molar-refractivity contribution in [2.45, 2.75) is 39.7 Å². The maximum atomic E-state index is 11.4. The molecule has 0 bridgehead atoms. The molecule has 0 saturated heterocycles. The van der Waals surface area contributed by atoms with Crippen LogP contribution < -0.4 is 10.6 Å². The fourth-order valence-corrected chi connectivity index (χ4v) is 1.04. The standard InChI is InChI=1S/C11H22N2O4/c1-4-11(2,3)7-12-10(17)13-8(5-6-14)9(15)16/h8,14H,4-7H2,1-3H3,(H,15,16)(H2,12,13,17)/t8-/m0/s1. The van der Waals surface area contributed by atoms with Crippen molar-refractivity contribution in [3.63, 3.8) is 0 Å². The lowest BCUT2D eigenvalue weighted by Crippen LogP contribution is -2.48. The Balaban J connectivity index is 4.11. The van der Waals surface area contributed by atoms with Gasteiger partial charge in [0, 0.05) is 19.6 Å². The normalized spacial score (nSPS) is 12.9. The molecule has 1 atom stereocenters. The average Bonchev–Trinajstić information content (AvgIpc) is 2.26. The first-order valence-electron chi connectivity index (χ1n) is 5.70. The molecule has 0 unspecified atom stereocenters. The fraction of sp³-hybridized carbons (Fsp3) is 0.818. The Bertz CT molecular complexity index is 266. The zero-order valence-electron chi connectivity index (χ0n) is 10.6. The van der Waals surface area contributed by atoms with Crippen molar-refractivity contribution in [2.75, 3.05) is 13.2 Å². The number of rotatable bonds is 7. The lowest BCUT2D eigenvalue weighted by molar-refractivity contribution is -0.139. The monoisotopic (exact) mass is 246 g/mol. The van der Waals surface area contributed by atoms with E-state index in [2.05, 4.69) is 10.6 Å². The van der Waals surface area contributed by atoms with E-state index in [1.165, 1.54) is 0 Å². The molecule has 4 N–H and O–H groups in total. The Morgan fingerprint density at radius 1 is 1.35 bits per heavy atom. The van der Waals surface area contributed by atoms with Gasteiger partial charge in [-0.3, -0.25) is 0 Å². The molecule has 0 saturated carbocycles. The summed E-state index contributed by atoms with van der Waals surface area (Å²) in [4.78, 5) is 22.2. The van der Waals surface area contributed by atoms with E-state index in [0.717, 1.165) is 6.42 Å². The van der Waals surface area contributed by atoms with Crippen LogP contribution in [-0.4, -0.2) is 41.4 Å². The van der Waals surface area contributed by atoms with E-state index in [9.17, 15) is 9.59 Å². The van der Waals surface area contributed by atoms with Crippen LogP contribution >= 0.6 is 0 Å². The molecule has 0 rings (SSSR count). The van der Waals surface area contributed by atoms with Gasteiger partial charge in [0.15, 0.2) is 0 Å². The highest BCUT2D eigenvalue weighted by atomic mass is 16.4. The SMILES string of the molecule is CCC(C)(C)CNC(=O)N[C@@H](CCO)C(=O)O. The van der Waals surface area contributed by atoms with Gasteiger partial charge in [0.25, 0.3) is 0 Å². The number of carbonyl (C=O) groups is 2. The van der Waals surface area contributed by atoms with Gasteiger partial charge >= 0.3 is 12.0 Å². The first-order chi connectivity index (χ1) is 7.82. The quantitative estimate of drug-likeness (QED) is 0.527. The first kappa shape index (κ1) is 15.7. The minimum atomic E-state index is -1.15. The van der Waals surface area contributed by atoms with Crippen molar-refractivity contribution < 1.29 is 19.8 Å². The highest BCUT2D eigenvalue weighted by molar-refractivity contribution is 5.82. The molecule has 6 heteroatoms. The van der Waals surface area contributed by atoms with E-state index >= 15 is 0 Å². The molecule has 0 aromatic rings. The Kier molecular flexibility index (Phi) is 6.57. The number of nitrogens with one attached hydrogen (secondary N) is 2. The van der Waals surface area contributed by atoms with Gasteiger partial charge in [-0.2, -0.15) is 0 Å². The molecule has 0 aromatic carbocycles. The highest BCUT2D eigenvalue weighted by Gasteiger charge is 2.21. The van der Waals surface area contributed by atoms with Crippen LogP contribution in [0.15, 0.2) is 0 Å². The predicted molar refractivity (Wildman–Crippen MR) is 63.7 cm³/mol. The molecule has 0 heterocycles. The first-order valence-corrected chi connectivity index (χ1v) is 5.70. The molecular formula is C11H22N2O4. The summed E-state index contributed by atoms with van der Waals surface area (Å²) < 4.78 is 0. The molecule has 0 aromatic heterocycles. The van der Waals surface area contributed by atoms with Crippen LogP contribution in [0, 0.1) is 5.41 Å². The number of aliphatic hydroxyl groups excluding tert-OH is 1. The molecule has 0 fully saturated rings. The summed E-state index contributed by atoms with van der Waals surface area (Å²) in [5.41, 5.74) is -0.0208. The topological polar surface area (TPSA) is 98.7 Å². The Morgan fingerprint density at radius 3 is 2.35 bits per heavy atom. The summed E-state index contributed by atoms with van der Waals surface area (Å²) >= 11 is 0. The van der Waals surface area contributed by atoms with E-state index in [4.69, 9.17) is 10.2 Å². The van der Waals surface area contributed by atoms with Gasteiger partial charge in [0.2, 0.25) is 0 Å². The van der Waals surface area contributed by atoms with E-state index < -0.39 is 18.0 Å². The Labute approximate surface area is 101 Å². The number of urea groups is 1. The minimum Gasteiger partial charge on any atom is -0.480 e. The van der Waals surface area contributed by atoms with Gasteiger partial charge in [-0.15, -0.1) is 0 Å². The van der Waals surface area contributed by atoms with Gasteiger partial charge in [0.1, 0.15) is 6.04 Å². The molecule has 17 heavy (non-hydrogen) atoms. The molecule has 2 amide bonds. The summed E-state index contributed by atoms with van der Waals surface area (Å²) in [7, 11) is 0. The fourth-order valence-electron chi connectivity index (χ4n) is 1.04. The third-order valence-corrected chi connectivity index (χ3v) is 2.71. The van der Waals surface area contributed by atoms with E-state index in [-0.39, 0.29) is 18.4 Å². The third kappa shape index (κ3) is 6.78. The molecule has 0 radical (unpaired) electrons. The zero-order chi connectivity index (χ0) is 13.5. The molecule has 100 valence electrons. The van der Waals surface area contributed by atoms with Crippen LogP contribution in [0.4, 0.5) is 4.79 Å². The van der Waals surface area contributed by atoms with Crippen molar-refractivity contribution in [1.29, 1.82) is 0 Å². The molecule has 6 nitrogen and oxygen atoms in total. The average molecular weight is 246 g/mol.